The molecule has 0 saturated heterocycles. The molecule has 0 amide bonds. The van der Waals surface area contributed by atoms with Gasteiger partial charge in [-0.2, -0.15) is 0 Å². The van der Waals surface area contributed by atoms with E-state index < -0.39 is 6.10 Å². The molecule has 0 spiro atoms. The Kier molecular flexibility index (Phi) is 6.52. The van der Waals surface area contributed by atoms with Crippen LogP contribution < -0.4 is 5.32 Å². The molecule has 1 aliphatic rings. The van der Waals surface area contributed by atoms with Crippen molar-refractivity contribution in [3.63, 3.8) is 0 Å². The van der Waals surface area contributed by atoms with E-state index in [2.05, 4.69) is 47.2 Å². The highest BCUT2D eigenvalue weighted by molar-refractivity contribution is 9.10. The standard InChI is InChI=1S/C17H26BrNO2/c1-12-3-6-15(7-4-12)21-11-14(20)10-19-17-9-13(2)5-8-16(17)18/h5,8-9,12,14-15,19-20H,3-4,6-7,10-11H2,1-2H3. The zero-order chi connectivity index (χ0) is 15.2. The predicted octanol–water partition coefficient (Wildman–Crippen LogP) is 4.13. The molecule has 1 aliphatic carbocycles. The van der Waals surface area contributed by atoms with Crippen molar-refractivity contribution in [2.75, 3.05) is 18.5 Å². The average Bonchev–Trinajstić information content (AvgIpc) is 2.47. The summed E-state index contributed by atoms with van der Waals surface area (Å²) in [7, 11) is 0. The minimum Gasteiger partial charge on any atom is -0.389 e. The van der Waals surface area contributed by atoms with Gasteiger partial charge >= 0.3 is 0 Å². The smallest absolute Gasteiger partial charge is 0.0945 e. The molecule has 2 rings (SSSR count). The van der Waals surface area contributed by atoms with Gasteiger partial charge in [-0.25, -0.2) is 0 Å². The maximum absolute atomic E-state index is 10.1. The van der Waals surface area contributed by atoms with Crippen LogP contribution in [-0.2, 0) is 4.74 Å². The quantitative estimate of drug-likeness (QED) is 0.806. The molecule has 1 unspecified atom stereocenters. The number of halogens is 1. The molecular weight excluding hydrogens is 330 g/mol. The van der Waals surface area contributed by atoms with Gasteiger partial charge in [0.25, 0.3) is 0 Å². The molecule has 0 bridgehead atoms. The molecule has 3 nitrogen and oxygen atoms in total. The monoisotopic (exact) mass is 355 g/mol. The van der Waals surface area contributed by atoms with Crippen LogP contribution in [0, 0.1) is 12.8 Å². The SMILES string of the molecule is Cc1ccc(Br)c(NCC(O)COC2CCC(C)CC2)c1. The van der Waals surface area contributed by atoms with E-state index in [1.54, 1.807) is 0 Å². The van der Waals surface area contributed by atoms with E-state index in [-0.39, 0.29) is 0 Å². The van der Waals surface area contributed by atoms with Gasteiger partial charge in [0, 0.05) is 16.7 Å². The van der Waals surface area contributed by atoms with E-state index in [1.807, 2.05) is 6.07 Å². The topological polar surface area (TPSA) is 41.5 Å². The van der Waals surface area contributed by atoms with Crippen molar-refractivity contribution >= 4 is 21.6 Å². The fourth-order valence-corrected chi connectivity index (χ4v) is 3.09. The highest BCUT2D eigenvalue weighted by Crippen LogP contribution is 2.26. The summed E-state index contributed by atoms with van der Waals surface area (Å²) in [5.74, 6) is 0.829. The summed E-state index contributed by atoms with van der Waals surface area (Å²) in [6.45, 7) is 5.27. The minimum atomic E-state index is -0.475. The number of anilines is 1. The Bertz CT molecular complexity index is 444. The zero-order valence-corrected chi connectivity index (χ0v) is 14.5. The summed E-state index contributed by atoms with van der Waals surface area (Å²) in [5.41, 5.74) is 2.21. The molecule has 118 valence electrons. The summed E-state index contributed by atoms with van der Waals surface area (Å²) < 4.78 is 6.85. The molecule has 4 heteroatoms. The number of hydrogen-bond donors (Lipinski definition) is 2. The molecule has 2 N–H and O–H groups in total. The van der Waals surface area contributed by atoms with E-state index in [4.69, 9.17) is 4.74 Å². The lowest BCUT2D eigenvalue weighted by Crippen LogP contribution is -2.29. The van der Waals surface area contributed by atoms with Gasteiger partial charge in [0.05, 0.1) is 18.8 Å². The van der Waals surface area contributed by atoms with Crippen molar-refractivity contribution in [1.29, 1.82) is 0 Å². The van der Waals surface area contributed by atoms with Crippen LogP contribution in [-0.4, -0.2) is 30.5 Å². The molecule has 1 aromatic rings. The normalized spacial score (nSPS) is 23.8. The molecule has 1 fully saturated rings. The minimum absolute atomic E-state index is 0.335. The fraction of sp³-hybridized carbons (Fsp3) is 0.647. The second-order valence-electron chi connectivity index (χ2n) is 6.23. The molecule has 1 aromatic carbocycles. The number of nitrogens with one attached hydrogen (secondary N) is 1. The Morgan fingerprint density at radius 2 is 2.05 bits per heavy atom. The summed E-state index contributed by atoms with van der Waals surface area (Å²) >= 11 is 3.51. The third kappa shape index (κ3) is 5.61. The van der Waals surface area contributed by atoms with E-state index in [9.17, 15) is 5.11 Å². The van der Waals surface area contributed by atoms with Crippen molar-refractivity contribution in [3.05, 3.63) is 28.2 Å². The van der Waals surface area contributed by atoms with Crippen LogP contribution in [0.1, 0.15) is 38.2 Å². The number of aliphatic hydroxyl groups excluding tert-OH is 1. The van der Waals surface area contributed by atoms with Gasteiger partial charge in [0.1, 0.15) is 0 Å². The van der Waals surface area contributed by atoms with Gasteiger partial charge in [0.15, 0.2) is 0 Å². The number of hydrogen-bond acceptors (Lipinski definition) is 3. The second kappa shape index (κ2) is 8.16. The first-order valence-electron chi connectivity index (χ1n) is 7.84. The first-order valence-corrected chi connectivity index (χ1v) is 8.63. The Hall–Kier alpha value is -0.580. The van der Waals surface area contributed by atoms with Gasteiger partial charge in [-0.15, -0.1) is 0 Å². The Morgan fingerprint density at radius 1 is 1.33 bits per heavy atom. The van der Waals surface area contributed by atoms with Crippen molar-refractivity contribution in [1.82, 2.24) is 0 Å². The van der Waals surface area contributed by atoms with E-state index in [0.717, 1.165) is 28.9 Å². The van der Waals surface area contributed by atoms with Gasteiger partial charge in [0.2, 0.25) is 0 Å². The van der Waals surface area contributed by atoms with E-state index in [0.29, 0.717) is 19.3 Å². The van der Waals surface area contributed by atoms with Crippen LogP contribution in [0.2, 0.25) is 0 Å². The molecule has 0 aromatic heterocycles. The maximum atomic E-state index is 10.1. The molecule has 21 heavy (non-hydrogen) atoms. The summed E-state index contributed by atoms with van der Waals surface area (Å²) in [6, 6.07) is 6.14. The van der Waals surface area contributed by atoms with Gasteiger partial charge in [-0.3, -0.25) is 0 Å². The van der Waals surface area contributed by atoms with Crippen LogP contribution in [0.4, 0.5) is 5.69 Å². The highest BCUT2D eigenvalue weighted by Gasteiger charge is 2.19. The third-order valence-corrected chi connectivity index (χ3v) is 4.83. The summed E-state index contributed by atoms with van der Waals surface area (Å²) in [5, 5.41) is 13.3. The summed E-state index contributed by atoms with van der Waals surface area (Å²) in [4.78, 5) is 0. The molecule has 0 heterocycles. The van der Waals surface area contributed by atoms with Gasteiger partial charge < -0.3 is 15.2 Å². The van der Waals surface area contributed by atoms with Crippen molar-refractivity contribution in [2.24, 2.45) is 5.92 Å². The first kappa shape index (κ1) is 16.8. The molecule has 1 saturated carbocycles. The van der Waals surface area contributed by atoms with E-state index in [1.165, 1.54) is 18.4 Å². The van der Waals surface area contributed by atoms with Crippen molar-refractivity contribution in [3.8, 4) is 0 Å². The number of aryl methyl sites for hydroxylation is 1. The average molecular weight is 356 g/mol. The van der Waals surface area contributed by atoms with Gasteiger partial charge in [-0.05, 0) is 72.2 Å². The van der Waals surface area contributed by atoms with Crippen LogP contribution in [0.15, 0.2) is 22.7 Å². The number of benzene rings is 1. The Morgan fingerprint density at radius 3 is 2.76 bits per heavy atom. The zero-order valence-electron chi connectivity index (χ0n) is 12.9. The largest absolute Gasteiger partial charge is 0.389 e. The van der Waals surface area contributed by atoms with E-state index >= 15 is 0 Å². The number of aliphatic hydroxyl groups is 1. The van der Waals surface area contributed by atoms with Crippen LogP contribution in [0.25, 0.3) is 0 Å². The summed E-state index contributed by atoms with van der Waals surface area (Å²) in [6.07, 6.45) is 4.61. The number of ether oxygens (including phenoxy) is 1. The van der Waals surface area contributed by atoms with Gasteiger partial charge in [-0.1, -0.05) is 13.0 Å². The molecule has 1 atom stereocenters. The Labute approximate surface area is 136 Å². The fourth-order valence-electron chi connectivity index (χ4n) is 2.70. The van der Waals surface area contributed by atoms with Crippen molar-refractivity contribution < 1.29 is 9.84 Å². The lowest BCUT2D eigenvalue weighted by atomic mass is 9.89. The molecule has 0 radical (unpaired) electrons. The predicted molar refractivity (Wildman–Crippen MR) is 90.7 cm³/mol. The van der Waals surface area contributed by atoms with Crippen LogP contribution >= 0.6 is 15.9 Å². The lowest BCUT2D eigenvalue weighted by molar-refractivity contribution is -0.0245. The van der Waals surface area contributed by atoms with Crippen molar-refractivity contribution in [2.45, 2.75) is 51.7 Å². The van der Waals surface area contributed by atoms with Crippen LogP contribution in [0.3, 0.4) is 0 Å². The molecular formula is C17H26BrNO2. The second-order valence-corrected chi connectivity index (χ2v) is 7.09. The third-order valence-electron chi connectivity index (χ3n) is 4.14. The maximum Gasteiger partial charge on any atom is 0.0945 e. The first-order chi connectivity index (χ1) is 10.0. The highest BCUT2D eigenvalue weighted by atomic mass is 79.9. The number of rotatable bonds is 6. The van der Waals surface area contributed by atoms with Crippen LogP contribution in [0.5, 0.6) is 0 Å². The Balaban J connectivity index is 1.70. The lowest BCUT2D eigenvalue weighted by Gasteiger charge is -2.27. The molecule has 0 aliphatic heterocycles.